The lowest BCUT2D eigenvalue weighted by Crippen LogP contribution is -2.47. The normalized spacial score (nSPS) is 20.8. The molecular formula is C15H29N3O3. The van der Waals surface area contributed by atoms with Gasteiger partial charge in [0, 0.05) is 26.7 Å². The van der Waals surface area contributed by atoms with E-state index in [-0.39, 0.29) is 18.0 Å². The van der Waals surface area contributed by atoms with Crippen molar-refractivity contribution in [2.75, 3.05) is 26.7 Å². The van der Waals surface area contributed by atoms with Crippen molar-refractivity contribution in [3.63, 3.8) is 0 Å². The van der Waals surface area contributed by atoms with Crippen LogP contribution in [0.4, 0.5) is 4.79 Å². The molecule has 2 amide bonds. The van der Waals surface area contributed by atoms with Gasteiger partial charge in [0.15, 0.2) is 0 Å². The Kier molecular flexibility index (Phi) is 6.45. The molecule has 0 aromatic carbocycles. The Morgan fingerprint density at radius 3 is 2.62 bits per heavy atom. The topological polar surface area (TPSA) is 70.7 Å². The molecule has 6 heteroatoms. The van der Waals surface area contributed by atoms with Crippen molar-refractivity contribution < 1.29 is 14.3 Å². The molecule has 0 aromatic heterocycles. The minimum absolute atomic E-state index is 0.0187. The highest BCUT2D eigenvalue weighted by molar-refractivity contribution is 5.80. The second-order valence-corrected chi connectivity index (χ2v) is 6.68. The monoisotopic (exact) mass is 299 g/mol. The fourth-order valence-corrected chi connectivity index (χ4v) is 2.38. The smallest absolute Gasteiger partial charge is 0.410 e. The standard InChI is InChI=1S/C15H29N3O3/c1-11(13(19)16-5)17-9-12-7-6-8-18(10-12)14(20)21-15(2,3)4/h11-12,17H,6-10H2,1-5H3,(H,16,19). The number of likely N-dealkylation sites (tertiary alicyclic amines) is 1. The minimum atomic E-state index is -0.462. The molecule has 1 aliphatic rings. The first-order valence-corrected chi connectivity index (χ1v) is 7.66. The third kappa shape index (κ3) is 6.33. The summed E-state index contributed by atoms with van der Waals surface area (Å²) in [6, 6.07) is -0.216. The van der Waals surface area contributed by atoms with Gasteiger partial charge in [0.05, 0.1) is 6.04 Å². The molecule has 21 heavy (non-hydrogen) atoms. The van der Waals surface area contributed by atoms with Gasteiger partial charge in [0.25, 0.3) is 0 Å². The third-order valence-electron chi connectivity index (χ3n) is 3.52. The van der Waals surface area contributed by atoms with Crippen LogP contribution in [-0.4, -0.2) is 55.2 Å². The van der Waals surface area contributed by atoms with E-state index >= 15 is 0 Å². The van der Waals surface area contributed by atoms with Gasteiger partial charge in [0.1, 0.15) is 5.60 Å². The summed E-state index contributed by atoms with van der Waals surface area (Å²) >= 11 is 0. The summed E-state index contributed by atoms with van der Waals surface area (Å²) in [5.74, 6) is 0.341. The van der Waals surface area contributed by atoms with Crippen molar-refractivity contribution in [2.45, 2.75) is 52.2 Å². The van der Waals surface area contributed by atoms with E-state index in [1.54, 1.807) is 11.9 Å². The molecule has 0 aromatic rings. The number of carbonyl (C=O) groups is 2. The minimum Gasteiger partial charge on any atom is -0.444 e. The van der Waals surface area contributed by atoms with E-state index in [1.807, 2.05) is 27.7 Å². The van der Waals surface area contributed by atoms with Crippen molar-refractivity contribution in [1.82, 2.24) is 15.5 Å². The fraction of sp³-hybridized carbons (Fsp3) is 0.867. The highest BCUT2D eigenvalue weighted by Crippen LogP contribution is 2.18. The van der Waals surface area contributed by atoms with E-state index in [0.29, 0.717) is 12.5 Å². The number of rotatable bonds is 4. The number of carbonyl (C=O) groups excluding carboxylic acids is 2. The van der Waals surface area contributed by atoms with Gasteiger partial charge in [-0.15, -0.1) is 0 Å². The first kappa shape index (κ1) is 17.8. The summed E-state index contributed by atoms with van der Waals surface area (Å²) in [6.45, 7) is 9.62. The Morgan fingerprint density at radius 1 is 1.38 bits per heavy atom. The molecule has 2 N–H and O–H groups in total. The Bertz CT molecular complexity index is 366. The van der Waals surface area contributed by atoms with Gasteiger partial charge in [0.2, 0.25) is 5.91 Å². The summed E-state index contributed by atoms with van der Waals surface area (Å²) < 4.78 is 5.41. The molecule has 0 saturated carbocycles. The molecule has 1 rings (SSSR count). The summed E-state index contributed by atoms with van der Waals surface area (Å²) in [7, 11) is 1.63. The van der Waals surface area contributed by atoms with E-state index in [2.05, 4.69) is 10.6 Å². The van der Waals surface area contributed by atoms with Crippen molar-refractivity contribution >= 4 is 12.0 Å². The maximum absolute atomic E-state index is 12.1. The van der Waals surface area contributed by atoms with Crippen LogP contribution in [-0.2, 0) is 9.53 Å². The zero-order chi connectivity index (χ0) is 16.0. The number of hydrogen-bond acceptors (Lipinski definition) is 4. The van der Waals surface area contributed by atoms with Crippen LogP contribution in [0.5, 0.6) is 0 Å². The van der Waals surface area contributed by atoms with Crippen LogP contribution in [0, 0.1) is 5.92 Å². The number of nitrogens with zero attached hydrogens (tertiary/aromatic N) is 1. The van der Waals surface area contributed by atoms with Gasteiger partial charge >= 0.3 is 6.09 Å². The quantitative estimate of drug-likeness (QED) is 0.822. The maximum atomic E-state index is 12.1. The molecule has 0 spiro atoms. The molecule has 1 saturated heterocycles. The van der Waals surface area contributed by atoms with E-state index in [1.165, 1.54) is 0 Å². The van der Waals surface area contributed by atoms with Crippen LogP contribution in [0.1, 0.15) is 40.5 Å². The second kappa shape index (κ2) is 7.64. The van der Waals surface area contributed by atoms with Gasteiger partial charge in [-0.1, -0.05) is 0 Å². The maximum Gasteiger partial charge on any atom is 0.410 e. The van der Waals surface area contributed by atoms with E-state index in [4.69, 9.17) is 4.74 Å². The van der Waals surface area contributed by atoms with E-state index < -0.39 is 5.60 Å². The van der Waals surface area contributed by atoms with E-state index in [0.717, 1.165) is 25.9 Å². The number of nitrogens with one attached hydrogen (secondary N) is 2. The molecule has 0 bridgehead atoms. The van der Waals surface area contributed by atoms with Crippen molar-refractivity contribution in [3.05, 3.63) is 0 Å². The van der Waals surface area contributed by atoms with Crippen LogP contribution < -0.4 is 10.6 Å². The summed E-state index contributed by atoms with van der Waals surface area (Å²) in [4.78, 5) is 25.3. The van der Waals surface area contributed by atoms with Gasteiger partial charge in [-0.2, -0.15) is 0 Å². The molecular weight excluding hydrogens is 270 g/mol. The number of likely N-dealkylation sites (N-methyl/N-ethyl adjacent to an activating group) is 1. The largest absolute Gasteiger partial charge is 0.444 e. The SMILES string of the molecule is CNC(=O)C(C)NCC1CCCN(C(=O)OC(C)(C)C)C1. The van der Waals surface area contributed by atoms with Crippen LogP contribution in [0.15, 0.2) is 0 Å². The molecule has 0 aliphatic carbocycles. The summed E-state index contributed by atoms with van der Waals surface area (Å²) in [6.07, 6.45) is 1.79. The van der Waals surface area contributed by atoms with Crippen LogP contribution in [0.25, 0.3) is 0 Å². The first-order chi connectivity index (χ1) is 9.73. The predicted molar refractivity (Wildman–Crippen MR) is 82.1 cm³/mol. The lowest BCUT2D eigenvalue weighted by atomic mass is 9.98. The zero-order valence-corrected chi connectivity index (χ0v) is 13.9. The number of amides is 2. The molecule has 0 radical (unpaired) electrons. The Hall–Kier alpha value is -1.30. The van der Waals surface area contributed by atoms with Gasteiger partial charge in [-0.25, -0.2) is 4.79 Å². The molecule has 1 aliphatic heterocycles. The van der Waals surface area contributed by atoms with Gasteiger partial charge < -0.3 is 20.3 Å². The average Bonchev–Trinajstić information content (AvgIpc) is 2.42. The van der Waals surface area contributed by atoms with Crippen LogP contribution >= 0.6 is 0 Å². The molecule has 122 valence electrons. The molecule has 2 atom stereocenters. The van der Waals surface area contributed by atoms with Crippen LogP contribution in [0.3, 0.4) is 0 Å². The summed E-state index contributed by atoms with van der Waals surface area (Å²) in [5, 5.41) is 5.84. The van der Waals surface area contributed by atoms with Crippen molar-refractivity contribution in [3.8, 4) is 0 Å². The van der Waals surface area contributed by atoms with Crippen molar-refractivity contribution in [2.24, 2.45) is 5.92 Å². The zero-order valence-electron chi connectivity index (χ0n) is 13.9. The number of ether oxygens (including phenoxy) is 1. The Labute approximate surface area is 127 Å². The number of hydrogen-bond donors (Lipinski definition) is 2. The highest BCUT2D eigenvalue weighted by atomic mass is 16.6. The predicted octanol–water partition coefficient (Wildman–Crippen LogP) is 1.36. The highest BCUT2D eigenvalue weighted by Gasteiger charge is 2.27. The van der Waals surface area contributed by atoms with Crippen LogP contribution in [0.2, 0.25) is 0 Å². The molecule has 6 nitrogen and oxygen atoms in total. The Morgan fingerprint density at radius 2 is 2.05 bits per heavy atom. The van der Waals surface area contributed by atoms with Gasteiger partial charge in [-0.3, -0.25) is 4.79 Å². The fourth-order valence-electron chi connectivity index (χ4n) is 2.38. The molecule has 1 fully saturated rings. The molecule has 2 unspecified atom stereocenters. The average molecular weight is 299 g/mol. The van der Waals surface area contributed by atoms with E-state index in [9.17, 15) is 9.59 Å². The second-order valence-electron chi connectivity index (χ2n) is 6.68. The summed E-state index contributed by atoms with van der Waals surface area (Å²) in [5.41, 5.74) is -0.462. The first-order valence-electron chi connectivity index (χ1n) is 7.66. The van der Waals surface area contributed by atoms with Gasteiger partial charge in [-0.05, 0) is 46.5 Å². The van der Waals surface area contributed by atoms with Crippen molar-refractivity contribution in [1.29, 1.82) is 0 Å². The third-order valence-corrected chi connectivity index (χ3v) is 3.52. The molecule has 1 heterocycles. The lowest BCUT2D eigenvalue weighted by molar-refractivity contribution is -0.122. The number of piperidine rings is 1. The lowest BCUT2D eigenvalue weighted by Gasteiger charge is -2.34. The Balaban J connectivity index is 2.42.